The van der Waals surface area contributed by atoms with Crippen molar-refractivity contribution in [2.24, 2.45) is 0 Å². The van der Waals surface area contributed by atoms with Crippen molar-refractivity contribution in [2.45, 2.75) is 105 Å². The fourth-order valence-corrected chi connectivity index (χ4v) is 17.8. The number of β-amino-alcohol motifs (C(OH)–C–C–N with tert-alkyl or cyclic N) is 2. The number of fused-ring (bicyclic) bond motifs is 4. The second-order valence-corrected chi connectivity index (χ2v) is 33.8. The maximum atomic E-state index is 13.0. The van der Waals surface area contributed by atoms with Crippen molar-refractivity contribution < 1.29 is 14.9 Å². The molecule has 4 aliphatic heterocycles. The Labute approximate surface area is 730 Å². The lowest BCUT2D eigenvalue weighted by Crippen LogP contribution is -2.26. The summed E-state index contributed by atoms with van der Waals surface area (Å²) < 4.78 is 20.1. The standard InChI is InChI=1S/C26H28N4O2.C25H25ClN4O.2C25H26N4O2/c1-19-15-23(32-2)6-7-24(19)20-9-12-29(26(31)17-20)22-5-8-25-21(16-22)18-27-30(25)14-13-28-10-3-4-11-28;1-18-4-6-22(23(26)14-18)19-8-11-29(25(31)16-19)21-5-7-24-20(15-21)17-27-30(24)13-12-28-9-2-3-10-28;2*1-18-2-4-19(5-3-18)20-8-11-28(25(31)15-20)22-6-7-24-21(14-22)16-26-29(24)13-12-27-10-9-23(30)17-27/h5-9,12,15-18H,3-4,10-11,13-14H2,1-2H3;4-8,11,14-17H,2-3,9-10,12-13H2,1H3;2*2-8,11,14-16,23,30H,9-10,12-13,17H2,1H3/t;;2*23-/m..10/s1. The molecule has 20 rings (SSSR count). The molecule has 0 unspecified atom stereocenters. The van der Waals surface area contributed by atoms with Crippen LogP contribution in [0.2, 0.25) is 5.02 Å². The molecule has 16 aromatic rings. The van der Waals surface area contributed by atoms with E-state index in [0.29, 0.717) is 5.02 Å². The van der Waals surface area contributed by atoms with Gasteiger partial charge in [0.25, 0.3) is 22.2 Å². The Morgan fingerprint density at radius 3 is 0.992 bits per heavy atom. The molecule has 125 heavy (non-hydrogen) atoms. The average Bonchev–Trinajstić information content (AvgIpc) is 1.68. The van der Waals surface area contributed by atoms with Crippen molar-refractivity contribution in [2.75, 3.05) is 85.6 Å². The van der Waals surface area contributed by atoms with E-state index in [1.54, 1.807) is 49.6 Å². The Balaban J connectivity index is 0.000000118. The van der Waals surface area contributed by atoms with E-state index >= 15 is 0 Å². The van der Waals surface area contributed by atoms with Crippen LogP contribution < -0.4 is 27.0 Å². The topological polar surface area (TPSA) is 222 Å². The minimum atomic E-state index is -0.201. The number of aromatic nitrogens is 12. The Kier molecular flexibility index (Phi) is 25.8. The highest BCUT2D eigenvalue weighted by Gasteiger charge is 2.23. The highest BCUT2D eigenvalue weighted by atomic mass is 35.5. The van der Waals surface area contributed by atoms with Gasteiger partial charge < -0.3 is 24.7 Å². The lowest BCUT2D eigenvalue weighted by Gasteiger charge is -2.15. The fraction of sp³-hybridized carbons (Fsp3) is 0.287. The highest BCUT2D eigenvalue weighted by molar-refractivity contribution is 6.33. The Morgan fingerprint density at radius 1 is 0.336 bits per heavy atom. The van der Waals surface area contributed by atoms with E-state index in [-0.39, 0.29) is 34.4 Å². The molecule has 4 fully saturated rings. The molecule has 0 saturated carbocycles. The Hall–Kier alpha value is -12.7. The number of aliphatic hydroxyl groups excluding tert-OH is 2. The molecule has 4 aliphatic rings. The zero-order valence-corrected chi connectivity index (χ0v) is 72.2. The first kappa shape index (κ1) is 84.5. The van der Waals surface area contributed by atoms with E-state index < -0.39 is 0 Å². The third-order valence-electron chi connectivity index (χ3n) is 24.6. The zero-order valence-electron chi connectivity index (χ0n) is 71.4. The summed E-state index contributed by atoms with van der Waals surface area (Å²) in [6.45, 7) is 23.4. The van der Waals surface area contributed by atoms with E-state index in [9.17, 15) is 29.4 Å². The monoisotopic (exact) mass is 1690 g/mol. The van der Waals surface area contributed by atoms with Crippen molar-refractivity contribution >= 4 is 55.2 Å². The van der Waals surface area contributed by atoms with E-state index in [0.717, 1.165) is 219 Å². The molecule has 12 heterocycles. The average molecular weight is 1690 g/mol. The summed E-state index contributed by atoms with van der Waals surface area (Å²) in [4.78, 5) is 61.0. The number of hydrogen-bond donors (Lipinski definition) is 2. The number of aliphatic hydroxyl groups is 2. The number of hydrogen-bond acceptors (Lipinski definition) is 15. The van der Waals surface area contributed by atoms with Crippen molar-refractivity contribution in [3.63, 3.8) is 0 Å². The van der Waals surface area contributed by atoms with E-state index in [1.165, 1.54) is 63.0 Å². The van der Waals surface area contributed by atoms with Crippen LogP contribution in [0.5, 0.6) is 5.75 Å². The molecule has 638 valence electrons. The Morgan fingerprint density at radius 2 is 0.664 bits per heavy atom. The van der Waals surface area contributed by atoms with Crippen molar-refractivity contribution in [1.82, 2.24) is 77.0 Å². The molecule has 2 atom stereocenters. The molecule has 24 heteroatoms. The lowest BCUT2D eigenvalue weighted by molar-refractivity contribution is 0.174. The van der Waals surface area contributed by atoms with Crippen LogP contribution in [-0.2, 0) is 26.2 Å². The molecular formula is C101H105ClN16O7. The number of methoxy groups -OCH3 is 1. The number of pyridine rings is 4. The smallest absolute Gasteiger partial charge is 0.255 e. The predicted octanol–water partition coefficient (Wildman–Crippen LogP) is 15.6. The predicted molar refractivity (Wildman–Crippen MR) is 499 cm³/mol. The summed E-state index contributed by atoms with van der Waals surface area (Å²) in [5.41, 5.74) is 19.5. The van der Waals surface area contributed by atoms with Gasteiger partial charge in [-0.3, -0.25) is 66.0 Å². The van der Waals surface area contributed by atoms with Crippen LogP contribution in [0.4, 0.5) is 0 Å². The summed E-state index contributed by atoms with van der Waals surface area (Å²) in [6, 6.07) is 66.9. The first-order chi connectivity index (χ1) is 60.8. The largest absolute Gasteiger partial charge is 0.497 e. The second kappa shape index (κ2) is 38.2. The summed E-state index contributed by atoms with van der Waals surface area (Å²) in [7, 11) is 1.66. The molecule has 8 aromatic carbocycles. The van der Waals surface area contributed by atoms with Crippen molar-refractivity contribution in [3.8, 4) is 73.0 Å². The lowest BCUT2D eigenvalue weighted by atomic mass is 10.0. The molecule has 0 amide bonds. The van der Waals surface area contributed by atoms with E-state index in [1.807, 2.05) is 218 Å². The molecule has 4 saturated heterocycles. The van der Waals surface area contributed by atoms with Gasteiger partial charge in [0.1, 0.15) is 5.75 Å². The van der Waals surface area contributed by atoms with Crippen molar-refractivity contribution in [3.05, 3.63) is 325 Å². The van der Waals surface area contributed by atoms with Gasteiger partial charge in [-0.1, -0.05) is 89.5 Å². The van der Waals surface area contributed by atoms with E-state index in [4.69, 9.17) is 16.3 Å². The number of benzene rings is 8. The van der Waals surface area contributed by atoms with Gasteiger partial charge >= 0.3 is 0 Å². The number of rotatable bonds is 21. The van der Waals surface area contributed by atoms with Crippen LogP contribution >= 0.6 is 11.6 Å². The van der Waals surface area contributed by atoms with Crippen LogP contribution in [0.3, 0.4) is 0 Å². The van der Waals surface area contributed by atoms with Gasteiger partial charge in [0.05, 0.1) is 92.4 Å². The third-order valence-corrected chi connectivity index (χ3v) is 25.0. The third kappa shape index (κ3) is 19.8. The van der Waals surface area contributed by atoms with Gasteiger partial charge in [0.15, 0.2) is 0 Å². The molecule has 23 nitrogen and oxygen atoms in total. The van der Waals surface area contributed by atoms with Gasteiger partial charge in [0.2, 0.25) is 0 Å². The van der Waals surface area contributed by atoms with E-state index in [2.05, 4.69) is 99.6 Å². The van der Waals surface area contributed by atoms with Gasteiger partial charge in [-0.05, 0) is 258 Å². The van der Waals surface area contributed by atoms with Gasteiger partial charge in [0, 0.05) is 156 Å². The zero-order chi connectivity index (χ0) is 86.2. The number of ether oxygens (including phenoxy) is 1. The molecule has 2 N–H and O–H groups in total. The minimum absolute atomic E-state index is 0.0570. The van der Waals surface area contributed by atoms with Gasteiger partial charge in [-0.15, -0.1) is 0 Å². The Bertz CT molecular complexity index is 6580. The first-order valence-electron chi connectivity index (χ1n) is 43.4. The summed E-state index contributed by atoms with van der Waals surface area (Å²) in [6.07, 6.45) is 21.3. The van der Waals surface area contributed by atoms with Gasteiger partial charge in [-0.2, -0.15) is 20.4 Å². The van der Waals surface area contributed by atoms with Gasteiger partial charge in [-0.25, -0.2) is 0 Å². The summed E-state index contributed by atoms with van der Waals surface area (Å²) >= 11 is 6.39. The number of nitrogens with zero attached hydrogens (tertiary/aromatic N) is 16. The molecule has 0 aliphatic carbocycles. The first-order valence-corrected chi connectivity index (χ1v) is 43.8. The normalized spacial score (nSPS) is 15.6. The SMILES string of the molecule is COc1ccc(-c2ccn(-c3ccc4c(cnn4CCN4CCCC4)c3)c(=O)c2)c(C)c1.Cc1ccc(-c2ccn(-c3ccc4c(cnn4CCN4CCCC4)c3)c(=O)c2)c(Cl)c1.Cc1ccc(-c2ccn(-c3ccc4c(cnn4CCN4CC[C@@H](O)C4)c3)c(=O)c2)cc1.Cc1ccc(-c2ccn(-c3ccc4c(cnn4CCN4CC[C@H](O)C4)c3)c(=O)c2)cc1. The van der Waals surface area contributed by atoms with Crippen LogP contribution in [0.1, 0.15) is 60.8 Å². The minimum Gasteiger partial charge on any atom is -0.497 e. The molecule has 0 spiro atoms. The highest BCUT2D eigenvalue weighted by Crippen LogP contribution is 2.32. The molecule has 8 aromatic heterocycles. The number of halogens is 1. The quantitative estimate of drug-likeness (QED) is 0.0683. The second-order valence-electron chi connectivity index (χ2n) is 33.4. The number of aryl methyl sites for hydroxylation is 4. The van der Waals surface area contributed by atoms with Crippen LogP contribution in [0.25, 0.3) is 111 Å². The maximum absolute atomic E-state index is 13.0. The maximum Gasteiger partial charge on any atom is 0.255 e. The van der Waals surface area contributed by atoms with Crippen LogP contribution in [0, 0.1) is 27.7 Å². The number of likely N-dealkylation sites (tertiary alicyclic amines) is 4. The summed E-state index contributed by atoms with van der Waals surface area (Å²) in [5.74, 6) is 0.814. The fourth-order valence-electron chi connectivity index (χ4n) is 17.5. The molecule has 0 bridgehead atoms. The van der Waals surface area contributed by atoms with Crippen molar-refractivity contribution in [1.29, 1.82) is 0 Å². The molecular weight excluding hydrogens is 1580 g/mol. The molecule has 0 radical (unpaired) electrons. The van der Waals surface area contributed by atoms with Crippen LogP contribution in [-0.4, -0.2) is 185 Å². The van der Waals surface area contributed by atoms with Crippen LogP contribution in [0.15, 0.2) is 275 Å². The summed E-state index contributed by atoms with van der Waals surface area (Å²) in [5, 5.41) is 42.4.